The molecule has 5 unspecified atom stereocenters. The van der Waals surface area contributed by atoms with Crippen molar-refractivity contribution in [1.29, 1.82) is 0 Å². The Kier molecular flexibility index (Phi) is 5.30. The van der Waals surface area contributed by atoms with Gasteiger partial charge in [-0.15, -0.1) is 0 Å². The van der Waals surface area contributed by atoms with Crippen molar-refractivity contribution in [2.75, 3.05) is 6.61 Å². The third-order valence-corrected chi connectivity index (χ3v) is 8.55. The highest BCUT2D eigenvalue weighted by atomic mass is 16.6. The molecule has 0 aromatic heterocycles. The van der Waals surface area contributed by atoms with Gasteiger partial charge in [-0.3, -0.25) is 24.0 Å². The smallest absolute Gasteiger partial charge is 0.303 e. The maximum atomic E-state index is 13.7. The number of Topliss-reactive ketones (excluding diaryl/α,β-unsaturated/α-hetero) is 2. The molecule has 32 heavy (non-hydrogen) atoms. The van der Waals surface area contributed by atoms with E-state index in [-0.39, 0.29) is 35.7 Å². The van der Waals surface area contributed by atoms with E-state index >= 15 is 0 Å². The van der Waals surface area contributed by atoms with Crippen LogP contribution in [-0.2, 0) is 33.4 Å². The molecule has 0 radical (unpaired) electrons. The molecule has 7 nitrogen and oxygen atoms in total. The number of carbonyl (C=O) groups is 5. The van der Waals surface area contributed by atoms with Crippen LogP contribution < -0.4 is 0 Å². The number of fused-ring (bicyclic) bond motifs is 5. The lowest BCUT2D eigenvalue weighted by Crippen LogP contribution is -2.62. The Morgan fingerprint density at radius 2 is 1.81 bits per heavy atom. The van der Waals surface area contributed by atoms with E-state index in [4.69, 9.17) is 9.47 Å². The van der Waals surface area contributed by atoms with Gasteiger partial charge in [0, 0.05) is 37.0 Å². The van der Waals surface area contributed by atoms with Crippen molar-refractivity contribution in [2.24, 2.45) is 28.6 Å². The van der Waals surface area contributed by atoms with Crippen molar-refractivity contribution in [1.82, 2.24) is 0 Å². The van der Waals surface area contributed by atoms with Crippen molar-refractivity contribution in [3.05, 3.63) is 23.8 Å². The second-order valence-corrected chi connectivity index (χ2v) is 10.2. The van der Waals surface area contributed by atoms with Crippen LogP contribution in [0.4, 0.5) is 0 Å². The number of carbonyl (C=O) groups excluding carboxylic acids is 5. The van der Waals surface area contributed by atoms with Crippen molar-refractivity contribution < 1.29 is 33.4 Å². The number of esters is 2. The van der Waals surface area contributed by atoms with Gasteiger partial charge in [-0.05, 0) is 49.7 Å². The van der Waals surface area contributed by atoms with Gasteiger partial charge in [0.2, 0.25) is 5.78 Å². The lowest BCUT2D eigenvalue weighted by atomic mass is 9.46. The van der Waals surface area contributed by atoms with E-state index in [9.17, 15) is 24.0 Å². The Morgan fingerprint density at radius 3 is 2.47 bits per heavy atom. The molecule has 4 rings (SSSR count). The van der Waals surface area contributed by atoms with Crippen molar-refractivity contribution in [3.63, 3.8) is 0 Å². The molecule has 0 aromatic carbocycles. The molecule has 4 aliphatic rings. The maximum absolute atomic E-state index is 13.7. The lowest BCUT2D eigenvalue weighted by Gasteiger charge is -2.57. The number of ketones is 3. The maximum Gasteiger partial charge on any atom is 0.303 e. The van der Waals surface area contributed by atoms with Gasteiger partial charge in [-0.25, -0.2) is 0 Å². The zero-order chi connectivity index (χ0) is 23.5. The molecule has 0 spiro atoms. The van der Waals surface area contributed by atoms with Gasteiger partial charge in [0.15, 0.2) is 18.0 Å². The molecule has 4 aliphatic carbocycles. The normalized spacial score (nSPS) is 40.0. The average Bonchev–Trinajstić information content (AvgIpc) is 2.98. The van der Waals surface area contributed by atoms with Crippen molar-refractivity contribution >= 4 is 29.3 Å². The van der Waals surface area contributed by atoms with Crippen LogP contribution in [0.1, 0.15) is 59.8 Å². The van der Waals surface area contributed by atoms with Crippen LogP contribution in [0, 0.1) is 28.6 Å². The second kappa shape index (κ2) is 7.49. The molecule has 0 heterocycles. The predicted octanol–water partition coefficient (Wildman–Crippen LogP) is 2.91. The third-order valence-electron chi connectivity index (χ3n) is 8.55. The fourth-order valence-corrected chi connectivity index (χ4v) is 7.23. The topological polar surface area (TPSA) is 104 Å². The summed E-state index contributed by atoms with van der Waals surface area (Å²) < 4.78 is 10.7. The highest BCUT2D eigenvalue weighted by molar-refractivity contribution is 6.02. The molecule has 3 saturated carbocycles. The van der Waals surface area contributed by atoms with E-state index in [2.05, 4.69) is 0 Å². The summed E-state index contributed by atoms with van der Waals surface area (Å²) in [6, 6.07) is 0. The quantitative estimate of drug-likeness (QED) is 0.617. The molecule has 172 valence electrons. The predicted molar refractivity (Wildman–Crippen MR) is 113 cm³/mol. The number of hydrogen-bond donors (Lipinski definition) is 0. The first kappa shape index (κ1) is 22.6. The number of hydrogen-bond acceptors (Lipinski definition) is 7. The van der Waals surface area contributed by atoms with Gasteiger partial charge in [-0.2, -0.15) is 0 Å². The van der Waals surface area contributed by atoms with Crippen LogP contribution in [-0.4, -0.2) is 41.5 Å². The summed E-state index contributed by atoms with van der Waals surface area (Å²) in [6.45, 7) is 5.90. The largest absolute Gasteiger partial charge is 0.458 e. The summed E-state index contributed by atoms with van der Waals surface area (Å²) in [5.74, 6) is -1.93. The van der Waals surface area contributed by atoms with Crippen LogP contribution in [0.2, 0.25) is 0 Å². The first-order chi connectivity index (χ1) is 14.9. The number of ether oxygens (including phenoxy) is 2. The molecule has 0 aliphatic heterocycles. The summed E-state index contributed by atoms with van der Waals surface area (Å²) in [5, 5.41) is 0. The summed E-state index contributed by atoms with van der Waals surface area (Å²) in [4.78, 5) is 62.4. The van der Waals surface area contributed by atoms with Crippen LogP contribution in [0.5, 0.6) is 0 Å². The van der Waals surface area contributed by atoms with Gasteiger partial charge >= 0.3 is 11.9 Å². The summed E-state index contributed by atoms with van der Waals surface area (Å²) in [5.41, 5.74) is -1.88. The SMILES string of the molecule is CC(=O)OCC(=O)[C@]1(OC(C)=O)CCC2C3CCC4=CC(=O)C=CC4(C)C3C(=O)CC21C. The summed E-state index contributed by atoms with van der Waals surface area (Å²) in [7, 11) is 0. The number of rotatable bonds is 4. The second-order valence-electron chi connectivity index (χ2n) is 10.2. The Labute approximate surface area is 187 Å². The van der Waals surface area contributed by atoms with Gasteiger partial charge < -0.3 is 9.47 Å². The van der Waals surface area contributed by atoms with E-state index < -0.39 is 40.8 Å². The highest BCUT2D eigenvalue weighted by Crippen LogP contribution is 2.66. The summed E-state index contributed by atoms with van der Waals surface area (Å²) >= 11 is 0. The van der Waals surface area contributed by atoms with E-state index in [1.165, 1.54) is 13.8 Å². The van der Waals surface area contributed by atoms with Gasteiger partial charge in [0.25, 0.3) is 0 Å². The molecular weight excluding hydrogens is 412 g/mol. The zero-order valence-corrected chi connectivity index (χ0v) is 19.1. The Balaban J connectivity index is 1.74. The van der Waals surface area contributed by atoms with Crippen LogP contribution in [0.15, 0.2) is 23.8 Å². The van der Waals surface area contributed by atoms with Gasteiger partial charge in [0.05, 0.1) is 0 Å². The highest BCUT2D eigenvalue weighted by Gasteiger charge is 2.70. The molecule has 7 heteroatoms. The van der Waals surface area contributed by atoms with Gasteiger partial charge in [-0.1, -0.05) is 25.5 Å². The monoisotopic (exact) mass is 442 g/mol. The fourth-order valence-electron chi connectivity index (χ4n) is 7.23. The van der Waals surface area contributed by atoms with Crippen LogP contribution in [0.3, 0.4) is 0 Å². The molecule has 0 N–H and O–H groups in total. The minimum absolute atomic E-state index is 0.00442. The molecule has 0 amide bonds. The first-order valence-corrected chi connectivity index (χ1v) is 11.3. The zero-order valence-electron chi connectivity index (χ0n) is 19.1. The van der Waals surface area contributed by atoms with Crippen LogP contribution >= 0.6 is 0 Å². The molecule has 3 fully saturated rings. The lowest BCUT2D eigenvalue weighted by molar-refractivity contribution is -0.191. The molecular formula is C25H30O7. The third kappa shape index (κ3) is 3.11. The molecule has 0 saturated heterocycles. The number of allylic oxidation sites excluding steroid dienone is 4. The minimum atomic E-state index is -1.49. The van der Waals surface area contributed by atoms with E-state index in [1.54, 1.807) is 12.2 Å². The Bertz CT molecular complexity index is 975. The van der Waals surface area contributed by atoms with Crippen LogP contribution in [0.25, 0.3) is 0 Å². The van der Waals surface area contributed by atoms with E-state index in [0.717, 1.165) is 18.4 Å². The fraction of sp³-hybridized carbons (Fsp3) is 0.640. The summed E-state index contributed by atoms with van der Waals surface area (Å²) in [6.07, 6.45) is 7.60. The average molecular weight is 443 g/mol. The minimum Gasteiger partial charge on any atom is -0.458 e. The molecule has 0 aromatic rings. The molecule has 6 atom stereocenters. The first-order valence-electron chi connectivity index (χ1n) is 11.3. The van der Waals surface area contributed by atoms with E-state index in [0.29, 0.717) is 12.8 Å². The van der Waals surface area contributed by atoms with Crippen molar-refractivity contribution in [3.8, 4) is 0 Å². The Morgan fingerprint density at radius 1 is 1.09 bits per heavy atom. The van der Waals surface area contributed by atoms with Gasteiger partial charge in [0.1, 0.15) is 5.78 Å². The standard InChI is InChI=1S/C25H30O7/c1-14(26)31-13-21(30)25(32-15(2)27)10-8-19-18-6-5-16-11-17(28)7-9-23(16,3)22(18)20(29)12-24(19,25)4/h7,9,11,18-19,22H,5-6,8,10,12-13H2,1-4H3/t18?,19?,22?,23?,24?,25-/m1/s1. The van der Waals surface area contributed by atoms with Crippen molar-refractivity contribution in [2.45, 2.75) is 65.4 Å². The molecule has 0 bridgehead atoms. The van der Waals surface area contributed by atoms with E-state index in [1.807, 2.05) is 19.9 Å². The Hall–Kier alpha value is -2.57.